The molecule has 82 valence electrons. The van der Waals surface area contributed by atoms with Crippen LogP contribution in [0, 0.1) is 6.92 Å². The topological polar surface area (TPSA) is 75.9 Å². The standard InChI is InChI=1S/C10H17N5/c1-3-5-12-9-7-10(13-6-4-11)15-8(2)14-9/h3,7H,1,4-6,11H2,2H3,(H2,12,13,14,15). The minimum atomic E-state index is 0.582. The molecular weight excluding hydrogens is 190 g/mol. The van der Waals surface area contributed by atoms with Gasteiger partial charge in [-0.25, -0.2) is 9.97 Å². The maximum absolute atomic E-state index is 5.40. The lowest BCUT2D eigenvalue weighted by atomic mass is 10.4. The van der Waals surface area contributed by atoms with Gasteiger partial charge in [-0.3, -0.25) is 0 Å². The van der Waals surface area contributed by atoms with Gasteiger partial charge in [0.05, 0.1) is 0 Å². The Balaban J connectivity index is 2.70. The molecular formula is C10H17N5. The fraction of sp³-hybridized carbons (Fsp3) is 0.400. The van der Waals surface area contributed by atoms with Gasteiger partial charge in [-0.05, 0) is 6.92 Å². The lowest BCUT2D eigenvalue weighted by molar-refractivity contribution is 0.984. The molecule has 0 aromatic carbocycles. The molecule has 5 heteroatoms. The minimum Gasteiger partial charge on any atom is -0.369 e. The van der Waals surface area contributed by atoms with E-state index >= 15 is 0 Å². The van der Waals surface area contributed by atoms with Crippen molar-refractivity contribution in [1.82, 2.24) is 9.97 Å². The van der Waals surface area contributed by atoms with Gasteiger partial charge in [0.25, 0.3) is 0 Å². The SMILES string of the molecule is C=CCNc1cc(NCCN)nc(C)n1. The molecule has 0 unspecified atom stereocenters. The molecule has 0 aliphatic carbocycles. The van der Waals surface area contributed by atoms with Crippen LogP contribution >= 0.6 is 0 Å². The average molecular weight is 207 g/mol. The van der Waals surface area contributed by atoms with Crippen LogP contribution in [0.2, 0.25) is 0 Å². The van der Waals surface area contributed by atoms with Crippen LogP contribution in [0.25, 0.3) is 0 Å². The summed E-state index contributed by atoms with van der Waals surface area (Å²) >= 11 is 0. The molecule has 1 heterocycles. The summed E-state index contributed by atoms with van der Waals surface area (Å²) in [6.07, 6.45) is 1.78. The fourth-order valence-electron chi connectivity index (χ4n) is 1.13. The van der Waals surface area contributed by atoms with Gasteiger partial charge in [0, 0.05) is 25.7 Å². The fourth-order valence-corrected chi connectivity index (χ4v) is 1.13. The Morgan fingerprint density at radius 1 is 1.40 bits per heavy atom. The second kappa shape index (κ2) is 5.98. The molecule has 0 fully saturated rings. The maximum Gasteiger partial charge on any atom is 0.132 e. The molecule has 5 nitrogen and oxygen atoms in total. The summed E-state index contributed by atoms with van der Waals surface area (Å²) in [5, 5.41) is 6.22. The van der Waals surface area contributed by atoms with Crippen molar-refractivity contribution in [2.45, 2.75) is 6.92 Å². The largest absolute Gasteiger partial charge is 0.369 e. The molecule has 0 radical (unpaired) electrons. The highest BCUT2D eigenvalue weighted by molar-refractivity contribution is 5.47. The predicted molar refractivity (Wildman–Crippen MR) is 63.0 cm³/mol. The third-order valence-electron chi connectivity index (χ3n) is 1.72. The molecule has 0 aliphatic rings. The van der Waals surface area contributed by atoms with Crippen molar-refractivity contribution in [2.75, 3.05) is 30.3 Å². The van der Waals surface area contributed by atoms with Gasteiger partial charge in [-0.15, -0.1) is 6.58 Å². The zero-order valence-electron chi connectivity index (χ0n) is 8.95. The van der Waals surface area contributed by atoms with E-state index < -0.39 is 0 Å². The van der Waals surface area contributed by atoms with Crippen molar-refractivity contribution in [3.05, 3.63) is 24.5 Å². The predicted octanol–water partition coefficient (Wildman–Crippen LogP) is 0.754. The van der Waals surface area contributed by atoms with Crippen molar-refractivity contribution < 1.29 is 0 Å². The van der Waals surface area contributed by atoms with Crippen LogP contribution in [0.3, 0.4) is 0 Å². The number of nitrogens with one attached hydrogen (secondary N) is 2. The number of hydrogen-bond acceptors (Lipinski definition) is 5. The number of hydrogen-bond donors (Lipinski definition) is 3. The first kappa shape index (κ1) is 11.5. The summed E-state index contributed by atoms with van der Waals surface area (Å²) in [5.74, 6) is 2.31. The van der Waals surface area contributed by atoms with E-state index in [1.54, 1.807) is 6.08 Å². The smallest absolute Gasteiger partial charge is 0.132 e. The number of rotatable bonds is 6. The van der Waals surface area contributed by atoms with Crippen LogP contribution < -0.4 is 16.4 Å². The average Bonchev–Trinajstić information content (AvgIpc) is 2.23. The van der Waals surface area contributed by atoms with Gasteiger partial charge in [-0.1, -0.05) is 6.08 Å². The molecule has 1 aromatic rings. The Hall–Kier alpha value is -1.62. The Morgan fingerprint density at radius 3 is 2.67 bits per heavy atom. The van der Waals surface area contributed by atoms with E-state index in [9.17, 15) is 0 Å². The van der Waals surface area contributed by atoms with E-state index in [2.05, 4.69) is 27.2 Å². The second-order valence-electron chi connectivity index (χ2n) is 3.07. The summed E-state index contributed by atoms with van der Waals surface area (Å²) < 4.78 is 0. The Morgan fingerprint density at radius 2 is 2.07 bits per heavy atom. The molecule has 0 saturated carbocycles. The normalized spacial score (nSPS) is 9.73. The zero-order chi connectivity index (χ0) is 11.1. The minimum absolute atomic E-state index is 0.582. The first-order valence-electron chi connectivity index (χ1n) is 4.90. The molecule has 0 saturated heterocycles. The van der Waals surface area contributed by atoms with Crippen molar-refractivity contribution in [3.8, 4) is 0 Å². The third kappa shape index (κ3) is 3.95. The summed E-state index contributed by atoms with van der Waals surface area (Å²) in [6.45, 7) is 7.46. The summed E-state index contributed by atoms with van der Waals surface area (Å²) in [5.41, 5.74) is 5.40. The number of nitrogens with two attached hydrogens (primary N) is 1. The second-order valence-corrected chi connectivity index (χ2v) is 3.07. The van der Waals surface area contributed by atoms with Gasteiger partial charge in [0.1, 0.15) is 17.5 Å². The van der Waals surface area contributed by atoms with Crippen LogP contribution in [0.5, 0.6) is 0 Å². The molecule has 0 spiro atoms. The zero-order valence-corrected chi connectivity index (χ0v) is 8.95. The molecule has 0 bridgehead atoms. The summed E-state index contributed by atoms with van der Waals surface area (Å²) in [7, 11) is 0. The number of aryl methyl sites for hydroxylation is 1. The highest BCUT2D eigenvalue weighted by atomic mass is 15.1. The van der Waals surface area contributed by atoms with Crippen LogP contribution in [0.1, 0.15) is 5.82 Å². The monoisotopic (exact) mass is 207 g/mol. The van der Waals surface area contributed by atoms with Gasteiger partial charge in [0.15, 0.2) is 0 Å². The van der Waals surface area contributed by atoms with E-state index in [4.69, 9.17) is 5.73 Å². The van der Waals surface area contributed by atoms with Crippen molar-refractivity contribution >= 4 is 11.6 Å². The first-order valence-corrected chi connectivity index (χ1v) is 4.90. The van der Waals surface area contributed by atoms with Crippen LogP contribution in [0.15, 0.2) is 18.7 Å². The highest BCUT2D eigenvalue weighted by Gasteiger charge is 1.99. The molecule has 1 rings (SSSR count). The number of anilines is 2. The van der Waals surface area contributed by atoms with Crippen LogP contribution in [-0.4, -0.2) is 29.6 Å². The van der Waals surface area contributed by atoms with E-state index in [1.165, 1.54) is 0 Å². The van der Waals surface area contributed by atoms with Gasteiger partial charge in [0.2, 0.25) is 0 Å². The third-order valence-corrected chi connectivity index (χ3v) is 1.72. The van der Waals surface area contributed by atoms with Crippen molar-refractivity contribution in [1.29, 1.82) is 0 Å². The Bertz CT molecular complexity index is 324. The van der Waals surface area contributed by atoms with Gasteiger partial charge in [-0.2, -0.15) is 0 Å². The van der Waals surface area contributed by atoms with Gasteiger partial charge >= 0.3 is 0 Å². The maximum atomic E-state index is 5.40. The van der Waals surface area contributed by atoms with E-state index in [0.717, 1.165) is 17.5 Å². The van der Waals surface area contributed by atoms with Crippen LogP contribution in [-0.2, 0) is 0 Å². The molecule has 1 aromatic heterocycles. The number of aromatic nitrogens is 2. The van der Waals surface area contributed by atoms with E-state index in [-0.39, 0.29) is 0 Å². The molecule has 0 amide bonds. The van der Waals surface area contributed by atoms with Crippen LogP contribution in [0.4, 0.5) is 11.6 Å². The molecule has 0 atom stereocenters. The molecule has 4 N–H and O–H groups in total. The summed E-state index contributed by atoms with van der Waals surface area (Å²) in [4.78, 5) is 8.47. The van der Waals surface area contributed by atoms with Gasteiger partial charge < -0.3 is 16.4 Å². The summed E-state index contributed by atoms with van der Waals surface area (Å²) in [6, 6.07) is 1.85. The lowest BCUT2D eigenvalue weighted by Gasteiger charge is -2.08. The Kier molecular flexibility index (Phi) is 4.56. The lowest BCUT2D eigenvalue weighted by Crippen LogP contribution is -2.14. The van der Waals surface area contributed by atoms with Crippen molar-refractivity contribution in [2.24, 2.45) is 5.73 Å². The first-order chi connectivity index (χ1) is 7.26. The number of nitrogens with zero attached hydrogens (tertiary/aromatic N) is 2. The van der Waals surface area contributed by atoms with Crippen molar-refractivity contribution in [3.63, 3.8) is 0 Å². The quantitative estimate of drug-likeness (QED) is 0.600. The molecule has 0 aliphatic heterocycles. The highest BCUT2D eigenvalue weighted by Crippen LogP contribution is 2.10. The Labute approximate surface area is 89.8 Å². The molecule has 15 heavy (non-hydrogen) atoms. The van der Waals surface area contributed by atoms with E-state index in [0.29, 0.717) is 19.6 Å². The van der Waals surface area contributed by atoms with E-state index in [1.807, 2.05) is 13.0 Å².